The lowest BCUT2D eigenvalue weighted by atomic mass is 10.1. The van der Waals surface area contributed by atoms with Crippen molar-refractivity contribution in [2.75, 3.05) is 25.6 Å². The second-order valence-electron chi connectivity index (χ2n) is 4.67. The molecule has 108 valence electrons. The van der Waals surface area contributed by atoms with Gasteiger partial charge in [0.25, 0.3) is 0 Å². The Bertz CT molecular complexity index is 488. The molecule has 1 aromatic rings. The van der Waals surface area contributed by atoms with Gasteiger partial charge in [0.1, 0.15) is 0 Å². The molecule has 0 saturated carbocycles. The van der Waals surface area contributed by atoms with Gasteiger partial charge in [-0.3, -0.25) is 4.79 Å². The third-order valence-corrected chi connectivity index (χ3v) is 2.60. The molecule has 0 fully saturated rings. The summed E-state index contributed by atoms with van der Waals surface area (Å²) in [5.74, 6) is 5.95. The fourth-order valence-electron chi connectivity index (χ4n) is 1.77. The van der Waals surface area contributed by atoms with Gasteiger partial charge in [0.15, 0.2) is 0 Å². The van der Waals surface area contributed by atoms with Crippen molar-refractivity contribution < 1.29 is 14.6 Å². The van der Waals surface area contributed by atoms with E-state index in [1.807, 2.05) is 31.2 Å². The first-order valence-electron chi connectivity index (χ1n) is 6.64. The number of rotatable bonds is 6. The Hall–Kier alpha value is -1.83. The molecule has 0 aliphatic heterocycles. The number of benzene rings is 1. The lowest BCUT2D eigenvalue weighted by molar-refractivity contribution is -0.117. The van der Waals surface area contributed by atoms with Crippen LogP contribution >= 0.6 is 0 Å². The van der Waals surface area contributed by atoms with E-state index in [4.69, 9.17) is 9.84 Å². The summed E-state index contributed by atoms with van der Waals surface area (Å²) in [7, 11) is 1.63. The maximum absolute atomic E-state index is 11.8. The number of amides is 1. The molecular formula is C16H21NO3. The number of methoxy groups -OCH3 is 1. The predicted molar refractivity (Wildman–Crippen MR) is 79.3 cm³/mol. The second-order valence-corrected chi connectivity index (χ2v) is 4.67. The van der Waals surface area contributed by atoms with E-state index in [-0.39, 0.29) is 18.4 Å². The fourth-order valence-corrected chi connectivity index (χ4v) is 1.77. The lowest BCUT2D eigenvalue weighted by Crippen LogP contribution is -2.17. The first-order chi connectivity index (χ1) is 9.65. The van der Waals surface area contributed by atoms with Crippen LogP contribution in [0.1, 0.15) is 25.3 Å². The Labute approximate surface area is 120 Å². The van der Waals surface area contributed by atoms with Gasteiger partial charge in [-0.05, 0) is 24.1 Å². The summed E-state index contributed by atoms with van der Waals surface area (Å²) in [5, 5.41) is 11.5. The van der Waals surface area contributed by atoms with Crippen LogP contribution in [0.3, 0.4) is 0 Å². The molecule has 1 aromatic carbocycles. The molecule has 0 aliphatic carbocycles. The summed E-state index contributed by atoms with van der Waals surface area (Å²) < 4.78 is 5.01. The Kier molecular flexibility index (Phi) is 7.41. The number of carbonyl (C=O) groups excluding carboxylic acids is 1. The maximum atomic E-state index is 11.8. The molecule has 0 bridgehead atoms. The van der Waals surface area contributed by atoms with E-state index in [1.165, 1.54) is 0 Å². The topological polar surface area (TPSA) is 58.6 Å². The zero-order chi connectivity index (χ0) is 14.8. The molecule has 4 heteroatoms. The predicted octanol–water partition coefficient (Wildman–Crippen LogP) is 2.03. The Morgan fingerprint density at radius 2 is 2.30 bits per heavy atom. The van der Waals surface area contributed by atoms with Crippen LogP contribution in [-0.2, 0) is 9.53 Å². The van der Waals surface area contributed by atoms with Crippen molar-refractivity contribution in [2.45, 2.75) is 19.8 Å². The van der Waals surface area contributed by atoms with Gasteiger partial charge in [0.05, 0.1) is 6.61 Å². The Balaban J connectivity index is 2.58. The van der Waals surface area contributed by atoms with Crippen LogP contribution in [0.15, 0.2) is 24.3 Å². The number of aliphatic hydroxyl groups excluding tert-OH is 1. The quantitative estimate of drug-likeness (QED) is 0.781. The van der Waals surface area contributed by atoms with Crippen LogP contribution in [0.25, 0.3) is 0 Å². The highest BCUT2D eigenvalue weighted by molar-refractivity contribution is 5.91. The zero-order valence-electron chi connectivity index (χ0n) is 12.0. The molecule has 0 saturated heterocycles. The summed E-state index contributed by atoms with van der Waals surface area (Å²) in [4.78, 5) is 11.8. The summed E-state index contributed by atoms with van der Waals surface area (Å²) in [5.41, 5.74) is 1.55. The van der Waals surface area contributed by atoms with E-state index in [2.05, 4.69) is 17.2 Å². The van der Waals surface area contributed by atoms with Gasteiger partial charge >= 0.3 is 0 Å². The van der Waals surface area contributed by atoms with Gasteiger partial charge in [0, 0.05) is 37.8 Å². The Morgan fingerprint density at radius 3 is 3.00 bits per heavy atom. The monoisotopic (exact) mass is 275 g/mol. The number of carbonyl (C=O) groups is 1. The highest BCUT2D eigenvalue weighted by Crippen LogP contribution is 2.11. The minimum absolute atomic E-state index is 0.0324. The average Bonchev–Trinajstić information content (AvgIpc) is 2.39. The smallest absolute Gasteiger partial charge is 0.224 e. The molecule has 4 nitrogen and oxygen atoms in total. The number of aliphatic hydroxyl groups is 1. The molecule has 0 aromatic heterocycles. The molecule has 2 N–H and O–H groups in total. The van der Waals surface area contributed by atoms with Crippen molar-refractivity contribution in [3.05, 3.63) is 29.8 Å². The van der Waals surface area contributed by atoms with Gasteiger partial charge in [-0.1, -0.05) is 24.8 Å². The molecule has 0 heterocycles. The van der Waals surface area contributed by atoms with Crippen LogP contribution in [-0.4, -0.2) is 31.3 Å². The molecule has 0 aliphatic rings. The molecule has 0 spiro atoms. The van der Waals surface area contributed by atoms with Crippen LogP contribution in [0.2, 0.25) is 0 Å². The summed E-state index contributed by atoms with van der Waals surface area (Å²) in [6, 6.07) is 7.37. The standard InChI is InChI=1S/C16H21NO3/c1-13(12-20-2)10-16(19)17-15-8-5-7-14(11-15)6-3-4-9-18/h5,7-8,11,13,18H,4,9-10,12H2,1-2H3,(H,17,19). The molecular weight excluding hydrogens is 254 g/mol. The van der Waals surface area contributed by atoms with Crippen molar-refractivity contribution in [2.24, 2.45) is 5.92 Å². The first-order valence-corrected chi connectivity index (χ1v) is 6.64. The van der Waals surface area contributed by atoms with Gasteiger partial charge < -0.3 is 15.2 Å². The van der Waals surface area contributed by atoms with Gasteiger partial charge in [-0.2, -0.15) is 0 Å². The highest BCUT2D eigenvalue weighted by Gasteiger charge is 2.09. The zero-order valence-corrected chi connectivity index (χ0v) is 12.0. The third-order valence-electron chi connectivity index (χ3n) is 2.60. The highest BCUT2D eigenvalue weighted by atomic mass is 16.5. The van der Waals surface area contributed by atoms with Crippen molar-refractivity contribution in [3.63, 3.8) is 0 Å². The van der Waals surface area contributed by atoms with E-state index < -0.39 is 0 Å². The number of nitrogens with one attached hydrogen (secondary N) is 1. The van der Waals surface area contributed by atoms with E-state index >= 15 is 0 Å². The van der Waals surface area contributed by atoms with E-state index in [9.17, 15) is 4.79 Å². The van der Waals surface area contributed by atoms with Crippen LogP contribution in [0.5, 0.6) is 0 Å². The minimum atomic E-state index is -0.0324. The second kappa shape index (κ2) is 9.13. The van der Waals surface area contributed by atoms with Gasteiger partial charge in [-0.25, -0.2) is 0 Å². The molecule has 1 unspecified atom stereocenters. The van der Waals surface area contributed by atoms with Gasteiger partial charge in [0.2, 0.25) is 5.91 Å². The maximum Gasteiger partial charge on any atom is 0.224 e. The molecule has 1 rings (SSSR count). The number of anilines is 1. The molecule has 1 atom stereocenters. The van der Waals surface area contributed by atoms with Crippen molar-refractivity contribution in [1.82, 2.24) is 0 Å². The lowest BCUT2D eigenvalue weighted by Gasteiger charge is -2.10. The SMILES string of the molecule is COCC(C)CC(=O)Nc1cccc(C#CCCO)c1. The van der Waals surface area contributed by atoms with Crippen molar-refractivity contribution in [1.29, 1.82) is 0 Å². The van der Waals surface area contributed by atoms with Crippen molar-refractivity contribution >= 4 is 11.6 Å². The van der Waals surface area contributed by atoms with Crippen LogP contribution in [0, 0.1) is 17.8 Å². The number of hydrogen-bond acceptors (Lipinski definition) is 3. The Morgan fingerprint density at radius 1 is 1.50 bits per heavy atom. The van der Waals surface area contributed by atoms with Crippen LogP contribution < -0.4 is 5.32 Å². The number of ether oxygens (including phenoxy) is 1. The molecule has 1 amide bonds. The van der Waals surface area contributed by atoms with E-state index in [0.717, 1.165) is 11.3 Å². The summed E-state index contributed by atoms with van der Waals surface area (Å²) in [6.45, 7) is 2.60. The van der Waals surface area contributed by atoms with Crippen molar-refractivity contribution in [3.8, 4) is 11.8 Å². The third kappa shape index (κ3) is 6.37. The van der Waals surface area contributed by atoms with Crippen LogP contribution in [0.4, 0.5) is 5.69 Å². The molecule has 20 heavy (non-hydrogen) atoms. The summed E-state index contributed by atoms with van der Waals surface area (Å²) in [6.07, 6.45) is 0.874. The van der Waals surface area contributed by atoms with E-state index in [1.54, 1.807) is 7.11 Å². The van der Waals surface area contributed by atoms with Gasteiger partial charge in [-0.15, -0.1) is 0 Å². The normalized spacial score (nSPS) is 11.3. The number of hydrogen-bond donors (Lipinski definition) is 2. The fraction of sp³-hybridized carbons (Fsp3) is 0.438. The molecule has 0 radical (unpaired) electrons. The largest absolute Gasteiger partial charge is 0.395 e. The summed E-state index contributed by atoms with van der Waals surface area (Å²) >= 11 is 0. The van der Waals surface area contributed by atoms with E-state index in [0.29, 0.717) is 19.4 Å². The average molecular weight is 275 g/mol. The minimum Gasteiger partial charge on any atom is -0.395 e. The first kappa shape index (κ1) is 16.2.